The van der Waals surface area contributed by atoms with Gasteiger partial charge in [0.1, 0.15) is 16.3 Å². The molecule has 0 amide bonds. The second-order valence-corrected chi connectivity index (χ2v) is 6.92. The zero-order chi connectivity index (χ0) is 15.1. The van der Waals surface area contributed by atoms with Crippen molar-refractivity contribution in [1.82, 2.24) is 4.98 Å². The predicted octanol–water partition coefficient (Wildman–Crippen LogP) is 6.29. The number of furan rings is 1. The number of aryl methyl sites for hydroxylation is 1. The van der Waals surface area contributed by atoms with Crippen LogP contribution < -0.4 is 0 Å². The van der Waals surface area contributed by atoms with E-state index < -0.39 is 0 Å². The van der Waals surface area contributed by atoms with Crippen LogP contribution in [0.3, 0.4) is 0 Å². The van der Waals surface area contributed by atoms with Crippen LogP contribution in [-0.2, 0) is 0 Å². The van der Waals surface area contributed by atoms with Crippen molar-refractivity contribution in [3.05, 3.63) is 63.9 Å². The van der Waals surface area contributed by atoms with Gasteiger partial charge in [0.25, 0.3) is 0 Å². The molecule has 0 fully saturated rings. The summed E-state index contributed by atoms with van der Waals surface area (Å²) < 4.78 is 6.98. The molecule has 22 heavy (non-hydrogen) atoms. The van der Waals surface area contributed by atoms with E-state index in [1.165, 1.54) is 5.56 Å². The fourth-order valence-electron chi connectivity index (χ4n) is 2.49. The summed E-state index contributed by atoms with van der Waals surface area (Å²) in [7, 11) is 0. The van der Waals surface area contributed by atoms with Gasteiger partial charge in [-0.1, -0.05) is 40.2 Å². The van der Waals surface area contributed by atoms with Crippen LogP contribution in [-0.4, -0.2) is 4.98 Å². The molecule has 0 atom stereocenters. The molecule has 108 valence electrons. The summed E-state index contributed by atoms with van der Waals surface area (Å²) in [5.41, 5.74) is 4.15. The van der Waals surface area contributed by atoms with Gasteiger partial charge >= 0.3 is 0 Å². The summed E-state index contributed by atoms with van der Waals surface area (Å²) in [6.45, 7) is 2.10. The maximum atomic E-state index is 5.89. The molecule has 0 aliphatic carbocycles. The highest BCUT2D eigenvalue weighted by molar-refractivity contribution is 9.10. The van der Waals surface area contributed by atoms with Crippen LogP contribution >= 0.6 is 27.3 Å². The summed E-state index contributed by atoms with van der Waals surface area (Å²) in [6.07, 6.45) is 0. The number of hydrogen-bond acceptors (Lipinski definition) is 3. The highest BCUT2D eigenvalue weighted by Gasteiger charge is 2.12. The topological polar surface area (TPSA) is 26.0 Å². The number of para-hydroxylation sites is 1. The Labute approximate surface area is 140 Å². The van der Waals surface area contributed by atoms with Gasteiger partial charge < -0.3 is 4.42 Å². The van der Waals surface area contributed by atoms with Crippen molar-refractivity contribution in [3.8, 4) is 22.0 Å². The lowest BCUT2D eigenvalue weighted by Crippen LogP contribution is -1.82. The minimum atomic E-state index is 0.818. The van der Waals surface area contributed by atoms with Gasteiger partial charge in [0.2, 0.25) is 0 Å². The molecule has 2 nitrogen and oxygen atoms in total. The second kappa shape index (κ2) is 5.38. The van der Waals surface area contributed by atoms with Crippen molar-refractivity contribution in [1.29, 1.82) is 0 Å². The smallest absolute Gasteiger partial charge is 0.154 e. The van der Waals surface area contributed by atoms with E-state index in [-0.39, 0.29) is 0 Å². The van der Waals surface area contributed by atoms with Gasteiger partial charge in [0, 0.05) is 20.8 Å². The van der Waals surface area contributed by atoms with E-state index in [4.69, 9.17) is 9.40 Å². The molecule has 4 heteroatoms. The lowest BCUT2D eigenvalue weighted by molar-refractivity contribution is 0.629. The van der Waals surface area contributed by atoms with Gasteiger partial charge in [-0.25, -0.2) is 4.98 Å². The van der Waals surface area contributed by atoms with Crippen molar-refractivity contribution in [2.75, 3.05) is 0 Å². The number of nitrogens with zero attached hydrogens (tertiary/aromatic N) is 1. The van der Waals surface area contributed by atoms with Gasteiger partial charge in [-0.2, -0.15) is 0 Å². The predicted molar refractivity (Wildman–Crippen MR) is 95.2 cm³/mol. The van der Waals surface area contributed by atoms with E-state index >= 15 is 0 Å². The fraction of sp³-hybridized carbons (Fsp3) is 0.0556. The highest BCUT2D eigenvalue weighted by atomic mass is 79.9. The summed E-state index contributed by atoms with van der Waals surface area (Å²) in [4.78, 5) is 4.75. The fourth-order valence-corrected chi connectivity index (χ4v) is 3.86. The third-order valence-electron chi connectivity index (χ3n) is 3.60. The van der Waals surface area contributed by atoms with Crippen LogP contribution in [0.25, 0.3) is 33.0 Å². The molecule has 0 aliphatic rings. The minimum Gasteiger partial charge on any atom is -0.454 e. The third-order valence-corrected chi connectivity index (χ3v) is 4.97. The molecule has 0 bridgehead atoms. The maximum absolute atomic E-state index is 5.89. The van der Waals surface area contributed by atoms with Crippen LogP contribution in [0.15, 0.2) is 62.8 Å². The molecule has 2 aromatic heterocycles. The second-order valence-electron chi connectivity index (χ2n) is 5.15. The van der Waals surface area contributed by atoms with Crippen LogP contribution in [0.2, 0.25) is 0 Å². The SMILES string of the molecule is Cc1cc(Br)ccc1-c1nc(-c2cc3ccccc3o2)cs1. The number of aromatic nitrogens is 1. The molecule has 0 saturated heterocycles. The molecule has 0 aliphatic heterocycles. The number of fused-ring (bicyclic) bond motifs is 1. The van der Waals surface area contributed by atoms with E-state index in [1.807, 2.05) is 30.3 Å². The Kier molecular flexibility index (Phi) is 3.36. The van der Waals surface area contributed by atoms with Crippen LogP contribution in [0, 0.1) is 6.92 Å². The number of hydrogen-bond donors (Lipinski definition) is 0. The van der Waals surface area contributed by atoms with Crippen molar-refractivity contribution in [2.45, 2.75) is 6.92 Å². The Balaban J connectivity index is 1.77. The zero-order valence-corrected chi connectivity index (χ0v) is 14.2. The molecule has 0 radical (unpaired) electrons. The monoisotopic (exact) mass is 369 g/mol. The number of rotatable bonds is 2. The molecule has 4 rings (SSSR count). The average Bonchev–Trinajstić information content (AvgIpc) is 3.13. The van der Waals surface area contributed by atoms with Gasteiger partial charge in [-0.05, 0) is 36.8 Å². The van der Waals surface area contributed by atoms with Crippen LogP contribution in [0.5, 0.6) is 0 Å². The van der Waals surface area contributed by atoms with E-state index in [0.29, 0.717) is 0 Å². The molecule has 4 aromatic rings. The zero-order valence-electron chi connectivity index (χ0n) is 11.8. The minimum absolute atomic E-state index is 0.818. The number of benzene rings is 2. The van der Waals surface area contributed by atoms with Crippen LogP contribution in [0.4, 0.5) is 0 Å². The van der Waals surface area contributed by atoms with Crippen molar-refractivity contribution in [2.24, 2.45) is 0 Å². The first-order chi connectivity index (χ1) is 10.7. The van der Waals surface area contributed by atoms with E-state index in [0.717, 1.165) is 37.5 Å². The Morgan fingerprint density at radius 3 is 2.77 bits per heavy atom. The van der Waals surface area contributed by atoms with E-state index in [1.54, 1.807) is 11.3 Å². The van der Waals surface area contributed by atoms with Crippen molar-refractivity contribution in [3.63, 3.8) is 0 Å². The standard InChI is InChI=1S/C18H12BrNOS/c1-11-8-13(19)6-7-14(11)18-20-15(10-22-18)17-9-12-4-2-3-5-16(12)21-17/h2-10H,1H3. The van der Waals surface area contributed by atoms with Crippen LogP contribution in [0.1, 0.15) is 5.56 Å². The van der Waals surface area contributed by atoms with Crippen molar-refractivity contribution >= 4 is 38.2 Å². The quantitative estimate of drug-likeness (QED) is 0.414. The molecule has 0 N–H and O–H groups in total. The Morgan fingerprint density at radius 2 is 1.95 bits per heavy atom. The Morgan fingerprint density at radius 1 is 1.09 bits per heavy atom. The Hall–Kier alpha value is -1.91. The molecule has 0 unspecified atom stereocenters. The largest absolute Gasteiger partial charge is 0.454 e. The molecule has 2 heterocycles. The summed E-state index contributed by atoms with van der Waals surface area (Å²) in [6, 6.07) is 16.3. The maximum Gasteiger partial charge on any atom is 0.154 e. The molecular formula is C18H12BrNOS. The van der Waals surface area contributed by atoms with Crippen molar-refractivity contribution < 1.29 is 4.42 Å². The molecular weight excluding hydrogens is 358 g/mol. The third kappa shape index (κ3) is 2.38. The summed E-state index contributed by atoms with van der Waals surface area (Å²) >= 11 is 5.14. The van der Waals surface area contributed by atoms with E-state index in [2.05, 4.69) is 46.4 Å². The van der Waals surface area contributed by atoms with E-state index in [9.17, 15) is 0 Å². The van der Waals surface area contributed by atoms with Gasteiger partial charge in [0.05, 0.1) is 0 Å². The normalized spacial score (nSPS) is 11.2. The summed E-state index contributed by atoms with van der Waals surface area (Å²) in [5, 5.41) is 4.17. The average molecular weight is 370 g/mol. The highest BCUT2D eigenvalue weighted by Crippen LogP contribution is 2.34. The van der Waals surface area contributed by atoms with Gasteiger partial charge in [-0.3, -0.25) is 0 Å². The van der Waals surface area contributed by atoms with Gasteiger partial charge in [-0.15, -0.1) is 11.3 Å². The number of halogens is 1. The molecule has 2 aromatic carbocycles. The molecule has 0 saturated carbocycles. The summed E-state index contributed by atoms with van der Waals surface area (Å²) in [5.74, 6) is 0.818. The van der Waals surface area contributed by atoms with Gasteiger partial charge in [0.15, 0.2) is 5.76 Å². The first-order valence-electron chi connectivity index (χ1n) is 6.92. The first-order valence-corrected chi connectivity index (χ1v) is 8.59. The lowest BCUT2D eigenvalue weighted by Gasteiger charge is -2.02. The number of thiazole rings is 1. The first kappa shape index (κ1) is 13.7. The lowest BCUT2D eigenvalue weighted by atomic mass is 10.1. The molecule has 0 spiro atoms. The Bertz CT molecular complexity index is 937.